The zero-order valence-electron chi connectivity index (χ0n) is 25.2. The van der Waals surface area contributed by atoms with E-state index in [2.05, 4.69) is 21.2 Å². The number of aryl methyl sites for hydroxylation is 1. The third-order valence-corrected chi connectivity index (χ3v) is 9.75. The third kappa shape index (κ3) is 8.57. The monoisotopic (exact) mass is 675 g/mol. The number of benzene rings is 4. The summed E-state index contributed by atoms with van der Waals surface area (Å²) in [6.07, 6.45) is 0.993. The molecule has 0 saturated carbocycles. The highest BCUT2D eigenvalue weighted by Gasteiger charge is 2.35. The molecule has 2 atom stereocenters. The van der Waals surface area contributed by atoms with Crippen LogP contribution in [0.4, 0.5) is 5.69 Å². The van der Waals surface area contributed by atoms with Crippen LogP contribution < -0.4 is 9.62 Å². The van der Waals surface area contributed by atoms with Crippen LogP contribution in [0.1, 0.15) is 37.0 Å². The summed E-state index contributed by atoms with van der Waals surface area (Å²) in [6.45, 7) is 5.51. The number of hydrogen-bond donors (Lipinski definition) is 1. The number of anilines is 1. The van der Waals surface area contributed by atoms with Crippen LogP contribution in [0, 0.1) is 6.92 Å². The van der Waals surface area contributed by atoms with Crippen LogP contribution >= 0.6 is 15.9 Å². The number of sulfonamides is 1. The average Bonchev–Trinajstić information content (AvgIpc) is 3.02. The Morgan fingerprint density at radius 1 is 0.841 bits per heavy atom. The van der Waals surface area contributed by atoms with E-state index in [0.29, 0.717) is 5.69 Å². The van der Waals surface area contributed by atoms with Gasteiger partial charge in [-0.15, -0.1) is 0 Å². The molecular formula is C35H38BrN3O4S. The molecule has 0 heterocycles. The molecular weight excluding hydrogens is 638 g/mol. The highest BCUT2D eigenvalue weighted by molar-refractivity contribution is 9.10. The van der Waals surface area contributed by atoms with Crippen molar-refractivity contribution in [1.29, 1.82) is 0 Å². The first-order valence-electron chi connectivity index (χ1n) is 14.6. The molecule has 0 bridgehead atoms. The Balaban J connectivity index is 1.80. The Kier molecular flexibility index (Phi) is 11.4. The second-order valence-corrected chi connectivity index (χ2v) is 13.6. The molecule has 0 fully saturated rings. The van der Waals surface area contributed by atoms with Gasteiger partial charge in [-0.1, -0.05) is 101 Å². The third-order valence-electron chi connectivity index (χ3n) is 7.43. The van der Waals surface area contributed by atoms with E-state index in [1.54, 1.807) is 42.5 Å². The van der Waals surface area contributed by atoms with Crippen LogP contribution in [0.3, 0.4) is 0 Å². The van der Waals surface area contributed by atoms with Crippen molar-refractivity contribution in [2.75, 3.05) is 10.8 Å². The lowest BCUT2D eigenvalue weighted by atomic mass is 10.0. The van der Waals surface area contributed by atoms with E-state index in [9.17, 15) is 18.0 Å². The molecule has 1 N–H and O–H groups in total. The maximum atomic E-state index is 14.5. The Hall–Kier alpha value is -3.95. The topological polar surface area (TPSA) is 86.8 Å². The molecule has 0 saturated heterocycles. The summed E-state index contributed by atoms with van der Waals surface area (Å²) in [6, 6.07) is 31.1. The lowest BCUT2D eigenvalue weighted by molar-refractivity contribution is -0.140. The van der Waals surface area contributed by atoms with Gasteiger partial charge in [-0.3, -0.25) is 13.9 Å². The summed E-state index contributed by atoms with van der Waals surface area (Å²) in [5.41, 5.74) is 3.08. The number of carbonyl (C=O) groups excluding carboxylic acids is 2. The Morgan fingerprint density at radius 3 is 2.07 bits per heavy atom. The molecule has 9 heteroatoms. The smallest absolute Gasteiger partial charge is 0.264 e. The number of nitrogens with zero attached hydrogens (tertiary/aromatic N) is 2. The fourth-order valence-corrected chi connectivity index (χ4v) is 6.56. The van der Waals surface area contributed by atoms with Gasteiger partial charge in [0.2, 0.25) is 11.8 Å². The largest absolute Gasteiger partial charge is 0.352 e. The maximum Gasteiger partial charge on any atom is 0.264 e. The Morgan fingerprint density at radius 2 is 1.45 bits per heavy atom. The predicted octanol–water partition coefficient (Wildman–Crippen LogP) is 6.51. The second-order valence-electron chi connectivity index (χ2n) is 10.8. The van der Waals surface area contributed by atoms with Gasteiger partial charge in [-0.25, -0.2) is 8.42 Å². The fraction of sp³-hybridized carbons (Fsp3) is 0.257. The molecule has 230 valence electrons. The van der Waals surface area contributed by atoms with Crippen LogP contribution in [-0.2, 0) is 32.6 Å². The van der Waals surface area contributed by atoms with Gasteiger partial charge in [0.05, 0.1) is 10.6 Å². The van der Waals surface area contributed by atoms with Gasteiger partial charge in [0, 0.05) is 23.5 Å². The Labute approximate surface area is 269 Å². The van der Waals surface area contributed by atoms with Crippen molar-refractivity contribution < 1.29 is 18.0 Å². The summed E-state index contributed by atoms with van der Waals surface area (Å²) >= 11 is 3.41. The number of hydrogen-bond acceptors (Lipinski definition) is 4. The lowest BCUT2D eigenvalue weighted by Gasteiger charge is -2.34. The Bertz CT molecular complexity index is 1650. The highest BCUT2D eigenvalue weighted by Crippen LogP contribution is 2.26. The van der Waals surface area contributed by atoms with E-state index in [1.165, 1.54) is 17.0 Å². The second kappa shape index (κ2) is 15.2. The summed E-state index contributed by atoms with van der Waals surface area (Å²) in [5.74, 6) is -0.778. The van der Waals surface area contributed by atoms with E-state index in [-0.39, 0.29) is 29.8 Å². The first-order chi connectivity index (χ1) is 21.1. The minimum absolute atomic E-state index is 0.0660. The number of halogens is 1. The molecule has 7 nitrogen and oxygen atoms in total. The highest BCUT2D eigenvalue weighted by atomic mass is 79.9. The molecule has 0 aliphatic rings. The van der Waals surface area contributed by atoms with Crippen LogP contribution in [0.15, 0.2) is 119 Å². The summed E-state index contributed by atoms with van der Waals surface area (Å²) < 4.78 is 29.9. The SMILES string of the molecule is CCC(C)NC(=O)C(Cc1ccccc1)N(Cc1cccc(C)c1)C(=O)CN(c1ccc(Br)cc1)S(=O)(=O)c1ccccc1. The maximum absolute atomic E-state index is 14.5. The van der Waals surface area contributed by atoms with Gasteiger partial charge in [-0.05, 0) is 67.8 Å². The molecule has 0 aliphatic heterocycles. The zero-order chi connectivity index (χ0) is 31.7. The molecule has 4 aromatic rings. The zero-order valence-corrected chi connectivity index (χ0v) is 27.6. The molecule has 2 amide bonds. The van der Waals surface area contributed by atoms with Gasteiger partial charge in [-0.2, -0.15) is 0 Å². The van der Waals surface area contributed by atoms with E-state index >= 15 is 0 Å². The normalized spacial score (nSPS) is 12.6. The first kappa shape index (κ1) is 33.0. The van der Waals surface area contributed by atoms with Crippen LogP contribution in [-0.4, -0.2) is 43.8 Å². The van der Waals surface area contributed by atoms with Gasteiger partial charge >= 0.3 is 0 Å². The van der Waals surface area contributed by atoms with Crippen molar-refractivity contribution in [2.45, 2.75) is 57.1 Å². The van der Waals surface area contributed by atoms with Crippen LogP contribution in [0.25, 0.3) is 0 Å². The summed E-state index contributed by atoms with van der Waals surface area (Å²) in [4.78, 5) is 30.0. The number of nitrogens with one attached hydrogen (secondary N) is 1. The lowest BCUT2D eigenvalue weighted by Crippen LogP contribution is -2.54. The number of carbonyl (C=O) groups is 2. The van der Waals surface area contributed by atoms with Crippen LogP contribution in [0.5, 0.6) is 0 Å². The van der Waals surface area contributed by atoms with Crippen molar-refractivity contribution >= 4 is 43.5 Å². The minimum atomic E-state index is -4.13. The molecule has 2 unspecified atom stereocenters. The molecule has 0 aromatic heterocycles. The quantitative estimate of drug-likeness (QED) is 0.175. The summed E-state index contributed by atoms with van der Waals surface area (Å²) in [5, 5.41) is 3.06. The van der Waals surface area contributed by atoms with Crippen molar-refractivity contribution in [3.05, 3.63) is 130 Å². The standard InChI is InChI=1S/C35H38BrN3O4S/c1-4-27(3)37-35(41)33(23-28-13-7-5-8-14-28)38(24-29-15-11-12-26(2)22-29)34(40)25-39(31-20-18-30(36)19-21-31)44(42,43)32-16-9-6-10-17-32/h5-22,27,33H,4,23-25H2,1-3H3,(H,37,41). The molecule has 4 aromatic carbocycles. The van der Waals surface area contributed by atoms with Crippen molar-refractivity contribution in [3.8, 4) is 0 Å². The molecule has 0 spiro atoms. The van der Waals surface area contributed by atoms with Crippen molar-refractivity contribution in [1.82, 2.24) is 10.2 Å². The van der Waals surface area contributed by atoms with Crippen LogP contribution in [0.2, 0.25) is 0 Å². The first-order valence-corrected chi connectivity index (χ1v) is 16.8. The molecule has 0 aliphatic carbocycles. The van der Waals surface area contributed by atoms with Gasteiger partial charge in [0.15, 0.2) is 0 Å². The number of rotatable bonds is 13. The number of amides is 2. The molecule has 4 rings (SSSR count). The van der Waals surface area contributed by atoms with E-state index in [4.69, 9.17) is 0 Å². The predicted molar refractivity (Wildman–Crippen MR) is 179 cm³/mol. The summed E-state index contributed by atoms with van der Waals surface area (Å²) in [7, 11) is -4.13. The molecule has 0 radical (unpaired) electrons. The van der Waals surface area contributed by atoms with E-state index < -0.39 is 28.5 Å². The van der Waals surface area contributed by atoms with Crippen molar-refractivity contribution in [3.63, 3.8) is 0 Å². The average molecular weight is 677 g/mol. The minimum Gasteiger partial charge on any atom is -0.352 e. The van der Waals surface area contributed by atoms with E-state index in [0.717, 1.165) is 31.9 Å². The van der Waals surface area contributed by atoms with Gasteiger partial charge < -0.3 is 10.2 Å². The molecule has 44 heavy (non-hydrogen) atoms. The van der Waals surface area contributed by atoms with Gasteiger partial charge in [0.1, 0.15) is 12.6 Å². The van der Waals surface area contributed by atoms with E-state index in [1.807, 2.05) is 75.4 Å². The van der Waals surface area contributed by atoms with Crippen molar-refractivity contribution in [2.24, 2.45) is 0 Å². The van der Waals surface area contributed by atoms with Gasteiger partial charge in [0.25, 0.3) is 10.0 Å². The fourth-order valence-electron chi connectivity index (χ4n) is 4.86.